The Labute approximate surface area is 251 Å². The van der Waals surface area contributed by atoms with Crippen molar-refractivity contribution in [2.75, 3.05) is 19.8 Å². The molecule has 2 atom stereocenters. The molecule has 3 aromatic rings. The summed E-state index contributed by atoms with van der Waals surface area (Å²) in [5.74, 6) is 0.273. The van der Waals surface area contributed by atoms with E-state index in [1.165, 1.54) is 0 Å². The van der Waals surface area contributed by atoms with Crippen molar-refractivity contribution >= 4 is 42.4 Å². The van der Waals surface area contributed by atoms with Gasteiger partial charge in [0.1, 0.15) is 29.9 Å². The van der Waals surface area contributed by atoms with Crippen LogP contribution >= 0.6 is 30.4 Å². The molecular weight excluding hydrogens is 668 g/mol. The number of para-hydroxylation sites is 1. The summed E-state index contributed by atoms with van der Waals surface area (Å²) >= 11 is 2.24. The Balaban J connectivity index is 1.39. The molecule has 0 heterocycles. The fourth-order valence-corrected chi connectivity index (χ4v) is 4.51. The van der Waals surface area contributed by atoms with Crippen LogP contribution in [0.2, 0.25) is 0 Å². The van der Waals surface area contributed by atoms with Crippen molar-refractivity contribution in [1.29, 1.82) is 0 Å². The van der Waals surface area contributed by atoms with E-state index in [2.05, 4.69) is 27.1 Å². The second-order valence-corrected chi connectivity index (χ2v) is 11.4. The molecule has 0 saturated carbocycles. The van der Waals surface area contributed by atoms with Gasteiger partial charge in [0.25, 0.3) is 0 Å². The third-order valence-electron chi connectivity index (χ3n) is 5.45. The molecule has 1 unspecified atom stereocenters. The molecule has 3 aromatic carbocycles. The fourth-order valence-electron chi connectivity index (χ4n) is 3.37. The SMILES string of the molecule is N[C@@H](COP(=O)(O)OCCCOC(=O)CCc1ccccc1OCc1cccc(Oc2ccc(I)cc2)c1)C(=O)O. The van der Waals surface area contributed by atoms with Gasteiger partial charge in [0.05, 0.1) is 19.8 Å². The molecule has 0 spiro atoms. The molecule has 41 heavy (non-hydrogen) atoms. The van der Waals surface area contributed by atoms with Gasteiger partial charge in [-0.1, -0.05) is 30.3 Å². The lowest BCUT2D eigenvalue weighted by molar-refractivity contribution is -0.143. The number of nitrogens with two attached hydrogens (primary N) is 1. The van der Waals surface area contributed by atoms with E-state index in [0.717, 1.165) is 20.4 Å². The molecule has 220 valence electrons. The zero-order valence-corrected chi connectivity index (χ0v) is 25.1. The van der Waals surface area contributed by atoms with Gasteiger partial charge in [-0.25, -0.2) is 4.57 Å². The number of carbonyl (C=O) groups excluding carboxylic acids is 1. The topological polar surface area (TPSA) is 164 Å². The van der Waals surface area contributed by atoms with Crippen molar-refractivity contribution in [2.45, 2.75) is 31.9 Å². The van der Waals surface area contributed by atoms with Gasteiger partial charge in [0.2, 0.25) is 0 Å². The average Bonchev–Trinajstić information content (AvgIpc) is 2.95. The van der Waals surface area contributed by atoms with E-state index < -0.39 is 32.4 Å². The molecule has 0 aliphatic carbocycles. The molecule has 11 nitrogen and oxygen atoms in total. The predicted molar refractivity (Wildman–Crippen MR) is 158 cm³/mol. The molecule has 3 rings (SSSR count). The molecule has 13 heteroatoms. The molecule has 0 aliphatic rings. The Morgan fingerprint density at radius 3 is 2.46 bits per heavy atom. The van der Waals surface area contributed by atoms with Crippen molar-refractivity contribution in [1.82, 2.24) is 0 Å². The lowest BCUT2D eigenvalue weighted by Gasteiger charge is -2.14. The molecule has 0 saturated heterocycles. The van der Waals surface area contributed by atoms with Crippen molar-refractivity contribution in [3.05, 3.63) is 87.5 Å². The number of rotatable bonds is 17. The third kappa shape index (κ3) is 12.2. The summed E-state index contributed by atoms with van der Waals surface area (Å²) in [6, 6.07) is 21.4. The van der Waals surface area contributed by atoms with Gasteiger partial charge in [0, 0.05) is 16.4 Å². The van der Waals surface area contributed by atoms with E-state index in [1.807, 2.05) is 72.8 Å². The van der Waals surface area contributed by atoms with Crippen LogP contribution in [0, 0.1) is 3.57 Å². The molecule has 0 aliphatic heterocycles. The highest BCUT2D eigenvalue weighted by Crippen LogP contribution is 2.43. The zero-order chi connectivity index (χ0) is 29.7. The van der Waals surface area contributed by atoms with Gasteiger partial charge in [0.15, 0.2) is 0 Å². The van der Waals surface area contributed by atoms with Crippen LogP contribution in [0.15, 0.2) is 72.8 Å². The molecule has 0 aromatic heterocycles. The standard InChI is InChI=1S/C28H31INO10P/c29-22-10-12-23(13-11-22)40-24-7-3-5-20(17-24)18-37-26-8-2-1-6-21(26)9-14-27(31)36-15-4-16-38-41(34,35)39-19-25(30)28(32)33/h1-3,5-8,10-13,17,25H,4,9,14-16,18-19,30H2,(H,32,33)(H,34,35)/t25-/m0/s1. The van der Waals surface area contributed by atoms with Crippen LogP contribution in [0.5, 0.6) is 17.2 Å². The van der Waals surface area contributed by atoms with Gasteiger partial charge < -0.3 is 29.9 Å². The summed E-state index contributed by atoms with van der Waals surface area (Å²) in [6.45, 7) is -0.646. The molecular formula is C28H31INO10P. The number of phosphoric acid groups is 1. The largest absolute Gasteiger partial charge is 0.489 e. The monoisotopic (exact) mass is 699 g/mol. The minimum Gasteiger partial charge on any atom is -0.489 e. The van der Waals surface area contributed by atoms with Crippen LogP contribution in [-0.4, -0.2) is 47.8 Å². The Morgan fingerprint density at radius 2 is 1.71 bits per heavy atom. The number of esters is 1. The van der Waals surface area contributed by atoms with Gasteiger partial charge in [-0.2, -0.15) is 0 Å². The zero-order valence-electron chi connectivity index (χ0n) is 22.0. The van der Waals surface area contributed by atoms with Gasteiger partial charge in [-0.05, 0) is 82.6 Å². The van der Waals surface area contributed by atoms with Gasteiger partial charge in [-0.3, -0.25) is 18.6 Å². The molecule has 0 fully saturated rings. The smallest absolute Gasteiger partial charge is 0.472 e. The van der Waals surface area contributed by atoms with E-state index in [1.54, 1.807) is 0 Å². The highest BCUT2D eigenvalue weighted by Gasteiger charge is 2.24. The summed E-state index contributed by atoms with van der Waals surface area (Å²) in [7, 11) is -4.46. The minimum absolute atomic E-state index is 0.0355. The van der Waals surface area contributed by atoms with E-state index in [9.17, 15) is 19.0 Å². The van der Waals surface area contributed by atoms with E-state index in [-0.39, 0.29) is 26.1 Å². The number of aryl methyl sites for hydroxylation is 1. The lowest BCUT2D eigenvalue weighted by atomic mass is 10.1. The summed E-state index contributed by atoms with van der Waals surface area (Å²) in [5, 5.41) is 8.66. The first kappa shape index (κ1) is 32.5. The molecule has 0 bridgehead atoms. The van der Waals surface area contributed by atoms with Gasteiger partial charge in [-0.15, -0.1) is 0 Å². The number of ether oxygens (including phenoxy) is 3. The maximum atomic E-state index is 12.2. The highest BCUT2D eigenvalue weighted by atomic mass is 127. The highest BCUT2D eigenvalue weighted by molar-refractivity contribution is 14.1. The average molecular weight is 699 g/mol. The lowest BCUT2D eigenvalue weighted by Crippen LogP contribution is -2.34. The molecule has 4 N–H and O–H groups in total. The van der Waals surface area contributed by atoms with E-state index in [4.69, 9.17) is 29.6 Å². The van der Waals surface area contributed by atoms with Crippen molar-refractivity contribution < 1.29 is 47.4 Å². The quantitative estimate of drug-likeness (QED) is 0.0746. The second-order valence-electron chi connectivity index (χ2n) is 8.72. The number of carboxylic acid groups (broad SMARTS) is 1. The number of aliphatic carboxylic acids is 1. The Hall–Kier alpha value is -3.00. The third-order valence-corrected chi connectivity index (χ3v) is 7.16. The Morgan fingerprint density at radius 1 is 0.951 bits per heavy atom. The number of carbonyl (C=O) groups is 2. The van der Waals surface area contributed by atoms with Crippen LogP contribution in [0.25, 0.3) is 0 Å². The summed E-state index contributed by atoms with van der Waals surface area (Å²) in [4.78, 5) is 32.3. The Bertz CT molecular complexity index is 1340. The number of hydrogen-bond donors (Lipinski definition) is 3. The minimum atomic E-state index is -4.46. The predicted octanol–water partition coefficient (Wildman–Crippen LogP) is 5.07. The number of hydrogen-bond acceptors (Lipinski definition) is 9. The van der Waals surface area contributed by atoms with Crippen LogP contribution in [0.3, 0.4) is 0 Å². The van der Waals surface area contributed by atoms with Crippen molar-refractivity contribution in [3.63, 3.8) is 0 Å². The van der Waals surface area contributed by atoms with Crippen LogP contribution in [0.4, 0.5) is 0 Å². The van der Waals surface area contributed by atoms with Gasteiger partial charge >= 0.3 is 19.8 Å². The fraction of sp³-hybridized carbons (Fsp3) is 0.286. The number of halogens is 1. The summed E-state index contributed by atoms with van der Waals surface area (Å²) in [6.07, 6.45) is 0.636. The number of benzene rings is 3. The van der Waals surface area contributed by atoms with E-state index in [0.29, 0.717) is 24.5 Å². The number of carboxylic acids is 1. The molecule has 0 amide bonds. The van der Waals surface area contributed by atoms with Crippen LogP contribution < -0.4 is 15.2 Å². The van der Waals surface area contributed by atoms with E-state index >= 15 is 0 Å². The van der Waals surface area contributed by atoms with Crippen molar-refractivity contribution in [2.24, 2.45) is 5.73 Å². The Kier molecular flexibility index (Phi) is 13.0. The first-order chi connectivity index (χ1) is 19.6. The molecule has 0 radical (unpaired) electrons. The number of phosphoric ester groups is 1. The summed E-state index contributed by atoms with van der Waals surface area (Å²) in [5.41, 5.74) is 6.97. The summed E-state index contributed by atoms with van der Waals surface area (Å²) < 4.78 is 39.2. The second kappa shape index (κ2) is 16.4. The van der Waals surface area contributed by atoms with Crippen LogP contribution in [-0.2, 0) is 41.0 Å². The van der Waals surface area contributed by atoms with Crippen molar-refractivity contribution in [3.8, 4) is 17.2 Å². The first-order valence-electron chi connectivity index (χ1n) is 12.6. The maximum Gasteiger partial charge on any atom is 0.472 e. The van der Waals surface area contributed by atoms with Crippen LogP contribution in [0.1, 0.15) is 24.0 Å². The normalized spacial score (nSPS) is 13.1. The maximum absolute atomic E-state index is 12.2. The first-order valence-corrected chi connectivity index (χ1v) is 15.2.